The summed E-state index contributed by atoms with van der Waals surface area (Å²) in [4.78, 5) is 11.5. The number of methoxy groups -OCH3 is 1. The molecule has 1 aromatic carbocycles. The van der Waals surface area contributed by atoms with Crippen molar-refractivity contribution in [3.8, 4) is 11.3 Å². The summed E-state index contributed by atoms with van der Waals surface area (Å²) >= 11 is 0. The molecular formula is C12H8F3NO3. The van der Waals surface area contributed by atoms with Crippen LogP contribution in [0.5, 0.6) is 0 Å². The Balaban J connectivity index is 2.70. The molecule has 0 atom stereocenters. The van der Waals surface area contributed by atoms with E-state index in [1.165, 1.54) is 6.92 Å². The van der Waals surface area contributed by atoms with Gasteiger partial charge in [-0.05, 0) is 6.92 Å². The van der Waals surface area contributed by atoms with Gasteiger partial charge in [0.15, 0.2) is 0 Å². The highest BCUT2D eigenvalue weighted by Gasteiger charge is 2.27. The van der Waals surface area contributed by atoms with E-state index in [9.17, 15) is 18.0 Å². The number of ether oxygens (including phenoxy) is 1. The van der Waals surface area contributed by atoms with Crippen LogP contribution in [0, 0.1) is 24.4 Å². The van der Waals surface area contributed by atoms with Crippen LogP contribution in [0.15, 0.2) is 16.7 Å². The van der Waals surface area contributed by atoms with E-state index in [2.05, 4.69) is 9.89 Å². The van der Waals surface area contributed by atoms with Gasteiger partial charge in [-0.15, -0.1) is 0 Å². The number of esters is 1. The molecule has 0 fully saturated rings. The summed E-state index contributed by atoms with van der Waals surface area (Å²) in [6.07, 6.45) is 0. The molecule has 0 radical (unpaired) electrons. The first-order chi connectivity index (χ1) is 8.95. The molecule has 0 spiro atoms. The maximum atomic E-state index is 13.6. The minimum Gasteiger partial charge on any atom is -0.465 e. The highest BCUT2D eigenvalue weighted by molar-refractivity contribution is 5.97. The van der Waals surface area contributed by atoms with Crippen LogP contribution < -0.4 is 0 Å². The smallest absolute Gasteiger partial charge is 0.343 e. The first kappa shape index (κ1) is 13.1. The minimum absolute atomic E-state index is 0.0463. The monoisotopic (exact) mass is 271 g/mol. The van der Waals surface area contributed by atoms with Crippen molar-refractivity contribution < 1.29 is 27.2 Å². The number of hydrogen-bond acceptors (Lipinski definition) is 4. The largest absolute Gasteiger partial charge is 0.465 e. The molecule has 19 heavy (non-hydrogen) atoms. The molecule has 0 amide bonds. The Morgan fingerprint density at radius 3 is 2.37 bits per heavy atom. The van der Waals surface area contributed by atoms with Crippen molar-refractivity contribution in [3.05, 3.63) is 40.9 Å². The SMILES string of the molecule is COC(=O)c1c(-c2c(F)cc(F)cc2F)noc1C. The Labute approximate surface area is 105 Å². The zero-order chi connectivity index (χ0) is 14.2. The third kappa shape index (κ3) is 2.18. The number of aromatic nitrogens is 1. The summed E-state index contributed by atoms with van der Waals surface area (Å²) in [5.74, 6) is -4.24. The van der Waals surface area contributed by atoms with E-state index in [-0.39, 0.29) is 17.0 Å². The summed E-state index contributed by atoms with van der Waals surface area (Å²) in [5.41, 5.74) is -1.20. The van der Waals surface area contributed by atoms with E-state index >= 15 is 0 Å². The predicted molar refractivity (Wildman–Crippen MR) is 57.9 cm³/mol. The van der Waals surface area contributed by atoms with Crippen molar-refractivity contribution in [3.63, 3.8) is 0 Å². The van der Waals surface area contributed by atoms with E-state index < -0.39 is 29.0 Å². The highest BCUT2D eigenvalue weighted by atomic mass is 19.1. The van der Waals surface area contributed by atoms with Gasteiger partial charge >= 0.3 is 5.97 Å². The van der Waals surface area contributed by atoms with E-state index in [4.69, 9.17) is 4.52 Å². The number of benzene rings is 1. The summed E-state index contributed by atoms with van der Waals surface area (Å²) < 4.78 is 49.3. The lowest BCUT2D eigenvalue weighted by atomic mass is 10.0. The number of carbonyl (C=O) groups excluding carboxylic acids is 1. The lowest BCUT2D eigenvalue weighted by Gasteiger charge is -2.04. The molecule has 7 heteroatoms. The van der Waals surface area contributed by atoms with Gasteiger partial charge < -0.3 is 9.26 Å². The molecular weight excluding hydrogens is 263 g/mol. The Bertz CT molecular complexity index is 629. The number of hydrogen-bond donors (Lipinski definition) is 0. The fraction of sp³-hybridized carbons (Fsp3) is 0.167. The van der Waals surface area contributed by atoms with Crippen molar-refractivity contribution >= 4 is 5.97 Å². The van der Waals surface area contributed by atoms with E-state index in [0.717, 1.165) is 7.11 Å². The number of halogens is 3. The third-order valence-electron chi connectivity index (χ3n) is 2.50. The molecule has 2 rings (SSSR count). The summed E-state index contributed by atoms with van der Waals surface area (Å²) in [7, 11) is 1.11. The first-order valence-corrected chi connectivity index (χ1v) is 5.15. The van der Waals surface area contributed by atoms with Crippen LogP contribution in [0.1, 0.15) is 16.1 Å². The fourth-order valence-electron chi connectivity index (χ4n) is 1.65. The molecule has 0 saturated carbocycles. The number of rotatable bonds is 2. The Morgan fingerprint density at radius 1 is 1.26 bits per heavy atom. The molecule has 0 aliphatic carbocycles. The van der Waals surface area contributed by atoms with Gasteiger partial charge in [0.25, 0.3) is 0 Å². The summed E-state index contributed by atoms with van der Waals surface area (Å²) in [5, 5.41) is 3.43. The van der Waals surface area contributed by atoms with Crippen LogP contribution in [-0.2, 0) is 4.74 Å². The maximum absolute atomic E-state index is 13.6. The van der Waals surface area contributed by atoms with Crippen molar-refractivity contribution in [2.45, 2.75) is 6.92 Å². The minimum atomic E-state index is -1.18. The van der Waals surface area contributed by atoms with E-state index in [1.54, 1.807) is 0 Å². The molecule has 100 valence electrons. The van der Waals surface area contributed by atoms with Crippen molar-refractivity contribution in [2.75, 3.05) is 7.11 Å². The maximum Gasteiger partial charge on any atom is 0.343 e. The molecule has 0 aliphatic heterocycles. The molecule has 0 aliphatic rings. The van der Waals surface area contributed by atoms with Crippen LogP contribution >= 0.6 is 0 Å². The molecule has 0 unspecified atom stereocenters. The van der Waals surface area contributed by atoms with Gasteiger partial charge in [0.1, 0.15) is 34.5 Å². The molecule has 0 N–H and O–H groups in total. The second-order valence-corrected chi connectivity index (χ2v) is 3.70. The lowest BCUT2D eigenvalue weighted by Crippen LogP contribution is -2.05. The normalized spacial score (nSPS) is 10.6. The topological polar surface area (TPSA) is 52.3 Å². The van der Waals surface area contributed by atoms with Crippen molar-refractivity contribution in [1.29, 1.82) is 0 Å². The average Bonchev–Trinajstić information content (AvgIpc) is 2.69. The van der Waals surface area contributed by atoms with Gasteiger partial charge in [-0.2, -0.15) is 0 Å². The molecule has 2 aromatic rings. The quantitative estimate of drug-likeness (QED) is 0.788. The van der Waals surface area contributed by atoms with Gasteiger partial charge in [-0.3, -0.25) is 0 Å². The fourth-order valence-corrected chi connectivity index (χ4v) is 1.65. The molecule has 0 saturated heterocycles. The molecule has 1 aromatic heterocycles. The van der Waals surface area contributed by atoms with Gasteiger partial charge in [-0.25, -0.2) is 18.0 Å². The second kappa shape index (κ2) is 4.75. The zero-order valence-corrected chi connectivity index (χ0v) is 9.96. The van der Waals surface area contributed by atoms with Crippen LogP contribution in [-0.4, -0.2) is 18.2 Å². The molecule has 1 heterocycles. The molecule has 0 bridgehead atoms. The van der Waals surface area contributed by atoms with Gasteiger partial charge in [0.05, 0.1) is 12.7 Å². The predicted octanol–water partition coefficient (Wildman–Crippen LogP) is 2.85. The Kier molecular flexibility index (Phi) is 3.28. The number of carbonyl (C=O) groups is 1. The van der Waals surface area contributed by atoms with Gasteiger partial charge in [0, 0.05) is 12.1 Å². The van der Waals surface area contributed by atoms with Crippen LogP contribution in [0.3, 0.4) is 0 Å². The van der Waals surface area contributed by atoms with E-state index in [1.807, 2.05) is 0 Å². The second-order valence-electron chi connectivity index (χ2n) is 3.70. The third-order valence-corrected chi connectivity index (χ3v) is 2.50. The van der Waals surface area contributed by atoms with Gasteiger partial charge in [0.2, 0.25) is 0 Å². The van der Waals surface area contributed by atoms with Crippen molar-refractivity contribution in [1.82, 2.24) is 5.16 Å². The standard InChI is InChI=1S/C12H8F3NO3/c1-5-9(12(17)18-2)11(16-19-5)10-7(14)3-6(13)4-8(10)15/h3-4H,1-2H3. The Morgan fingerprint density at radius 2 is 1.84 bits per heavy atom. The number of nitrogens with zero attached hydrogens (tertiary/aromatic N) is 1. The van der Waals surface area contributed by atoms with Crippen molar-refractivity contribution in [2.24, 2.45) is 0 Å². The van der Waals surface area contributed by atoms with Crippen LogP contribution in [0.2, 0.25) is 0 Å². The Hall–Kier alpha value is -2.31. The number of aryl methyl sites for hydroxylation is 1. The lowest BCUT2D eigenvalue weighted by molar-refractivity contribution is 0.0599. The van der Waals surface area contributed by atoms with Crippen LogP contribution in [0.25, 0.3) is 11.3 Å². The average molecular weight is 271 g/mol. The van der Waals surface area contributed by atoms with Crippen LogP contribution in [0.4, 0.5) is 13.2 Å². The molecule has 4 nitrogen and oxygen atoms in total. The van der Waals surface area contributed by atoms with Gasteiger partial charge in [-0.1, -0.05) is 5.16 Å². The summed E-state index contributed by atoms with van der Waals surface area (Å²) in [6, 6.07) is 0.979. The highest BCUT2D eigenvalue weighted by Crippen LogP contribution is 2.30. The summed E-state index contributed by atoms with van der Waals surface area (Å²) in [6.45, 7) is 1.39. The first-order valence-electron chi connectivity index (χ1n) is 5.15. The van der Waals surface area contributed by atoms with E-state index in [0.29, 0.717) is 12.1 Å². The zero-order valence-electron chi connectivity index (χ0n) is 9.96.